The van der Waals surface area contributed by atoms with Gasteiger partial charge in [-0.3, -0.25) is 4.79 Å². The molecule has 10 aromatic rings. The predicted molar refractivity (Wildman–Crippen MR) is 259 cm³/mol. The van der Waals surface area contributed by atoms with Gasteiger partial charge in [0.15, 0.2) is 0 Å². The summed E-state index contributed by atoms with van der Waals surface area (Å²) in [5, 5.41) is 2.36. The van der Waals surface area contributed by atoms with Gasteiger partial charge in [0.1, 0.15) is 17.8 Å². The zero-order chi connectivity index (χ0) is 43.1. The van der Waals surface area contributed by atoms with Crippen molar-refractivity contribution >= 4 is 28.1 Å². The van der Waals surface area contributed by atoms with Crippen LogP contribution < -0.4 is 9.47 Å². The zero-order valence-electron chi connectivity index (χ0n) is 36.0. The first-order valence-electron chi connectivity index (χ1n) is 22.6. The molecule has 3 unspecified atom stereocenters. The van der Waals surface area contributed by atoms with Crippen molar-refractivity contribution in [1.82, 2.24) is 9.97 Å². The Labute approximate surface area is 376 Å². The van der Waals surface area contributed by atoms with E-state index in [9.17, 15) is 4.79 Å². The largest absolute Gasteiger partial charge is 0.497 e. The van der Waals surface area contributed by atoms with Crippen LogP contribution in [0.4, 0.5) is 0 Å². The number of hydrogen-bond donors (Lipinski definition) is 2. The average molecular weight is 839 g/mol. The predicted octanol–water partition coefficient (Wildman–Crippen LogP) is 13.5. The van der Waals surface area contributed by atoms with Crippen LogP contribution in [0.25, 0.3) is 55.2 Å². The molecule has 0 aliphatic heterocycles. The fourth-order valence-corrected chi connectivity index (χ4v) is 12.3. The van der Waals surface area contributed by atoms with E-state index in [1.54, 1.807) is 14.2 Å². The van der Waals surface area contributed by atoms with E-state index in [4.69, 9.17) is 9.47 Å². The Morgan fingerprint density at radius 3 is 1.63 bits per heavy atom. The summed E-state index contributed by atoms with van der Waals surface area (Å²) in [4.78, 5) is 19.9. The highest BCUT2D eigenvalue weighted by molar-refractivity contribution is 5.95. The number of nitrogens with one attached hydrogen (secondary N) is 2. The Kier molecular flexibility index (Phi) is 7.63. The minimum Gasteiger partial charge on any atom is -0.497 e. The first kappa shape index (κ1) is 36.6. The van der Waals surface area contributed by atoms with Gasteiger partial charge in [-0.15, -0.1) is 0 Å². The maximum absolute atomic E-state index is 11.8. The Hall–Kier alpha value is -7.89. The van der Waals surface area contributed by atoms with Crippen LogP contribution >= 0.6 is 0 Å². The molecular weight excluding hydrogens is 797 g/mol. The molecule has 310 valence electrons. The molecule has 2 aromatic heterocycles. The number of methoxy groups -OCH3 is 2. The van der Waals surface area contributed by atoms with Gasteiger partial charge in [-0.2, -0.15) is 0 Å². The number of carbonyl (C=O) groups excluding carboxylic acids is 1. The molecule has 5 nitrogen and oxygen atoms in total. The quantitative estimate of drug-likeness (QED) is 0.164. The lowest BCUT2D eigenvalue weighted by Crippen LogP contribution is -2.19. The van der Waals surface area contributed by atoms with E-state index in [1.165, 1.54) is 111 Å². The van der Waals surface area contributed by atoms with E-state index in [0.29, 0.717) is 5.56 Å². The number of hydrogen-bond acceptors (Lipinski definition) is 3. The van der Waals surface area contributed by atoms with Gasteiger partial charge in [-0.05, 0) is 156 Å². The van der Waals surface area contributed by atoms with Gasteiger partial charge in [-0.25, -0.2) is 0 Å². The van der Waals surface area contributed by atoms with Gasteiger partial charge in [0.05, 0.1) is 26.1 Å². The van der Waals surface area contributed by atoms with Gasteiger partial charge in [0.25, 0.3) is 0 Å². The fraction of sp³-hybridized carbons (Fsp3) is 0.117. The van der Waals surface area contributed by atoms with Crippen LogP contribution in [0.15, 0.2) is 158 Å². The van der Waals surface area contributed by atoms with Crippen LogP contribution in [0, 0.1) is 0 Å². The van der Waals surface area contributed by atoms with Crippen molar-refractivity contribution in [3.63, 3.8) is 0 Å². The lowest BCUT2D eigenvalue weighted by atomic mass is 9.72. The van der Waals surface area contributed by atoms with Gasteiger partial charge >= 0.3 is 0 Å². The van der Waals surface area contributed by atoms with Crippen LogP contribution in [0.2, 0.25) is 0 Å². The van der Waals surface area contributed by atoms with Gasteiger partial charge in [0, 0.05) is 44.7 Å². The number of rotatable bonds is 6. The third-order valence-corrected chi connectivity index (χ3v) is 15.1. The third-order valence-electron chi connectivity index (χ3n) is 15.1. The van der Waals surface area contributed by atoms with Crippen LogP contribution in [-0.2, 0) is 12.8 Å². The standard InChI is InChI=1S/C60H42N2O3/c1-64-40-16-21-52-50(29-40)57-55(35-14-19-43-38(26-35)24-33-7-3-4-8-42(33)43)59-58(51-30-41(65-2)17-22-53(51)61-59)56(60(57)62-52)36-15-20-44-39(27-36)25-34-12-13-37(28-48(34)44)54-46-10-6-5-9-45(46)49-23-32(31-63)11-18-47(49)54/h3-23,26-31,54-56,61-62H,24-25H2,1-2H3. The summed E-state index contributed by atoms with van der Waals surface area (Å²) < 4.78 is 11.8. The Balaban J connectivity index is 0.939. The number of H-pyrrole nitrogens is 2. The number of aromatic nitrogens is 2. The molecule has 0 radical (unpaired) electrons. The second-order valence-corrected chi connectivity index (χ2v) is 18.3. The number of aromatic amines is 2. The zero-order valence-corrected chi connectivity index (χ0v) is 36.0. The molecule has 65 heavy (non-hydrogen) atoms. The minimum absolute atomic E-state index is 0.0579. The molecule has 0 bridgehead atoms. The summed E-state index contributed by atoms with van der Waals surface area (Å²) in [6.45, 7) is 0. The topological polar surface area (TPSA) is 67.1 Å². The number of ether oxygens (including phenoxy) is 2. The maximum atomic E-state index is 11.8. The highest BCUT2D eigenvalue weighted by atomic mass is 16.5. The molecule has 4 aliphatic carbocycles. The van der Waals surface area contributed by atoms with Crippen molar-refractivity contribution in [2.45, 2.75) is 30.6 Å². The SMILES string of the molecule is COc1ccc2[nH]c3c(c2c1)C(c1ccc2c(c1)Cc1ccccc1-2)c1[nH]c2ccc(OC)cc2c1C3c1ccc2c(c1)Cc1ccc(C3c4ccccc4-c4cc(C=O)ccc43)cc1-2. The van der Waals surface area contributed by atoms with E-state index in [2.05, 4.69) is 156 Å². The summed E-state index contributed by atoms with van der Waals surface area (Å²) in [6, 6.07) is 58.0. The van der Waals surface area contributed by atoms with Crippen molar-refractivity contribution in [1.29, 1.82) is 0 Å². The number of carbonyl (C=O) groups is 1. The van der Waals surface area contributed by atoms with Gasteiger partial charge < -0.3 is 19.4 Å². The van der Waals surface area contributed by atoms with Crippen molar-refractivity contribution in [3.8, 4) is 44.9 Å². The molecule has 8 aromatic carbocycles. The molecule has 4 aliphatic rings. The Bertz CT molecular complexity index is 3690. The van der Waals surface area contributed by atoms with Gasteiger partial charge in [-0.1, -0.05) is 109 Å². The minimum atomic E-state index is -0.0819. The van der Waals surface area contributed by atoms with E-state index >= 15 is 0 Å². The molecule has 0 fully saturated rings. The lowest BCUT2D eigenvalue weighted by Gasteiger charge is -2.31. The highest BCUT2D eigenvalue weighted by Gasteiger charge is 2.41. The fourth-order valence-electron chi connectivity index (χ4n) is 12.3. The second-order valence-electron chi connectivity index (χ2n) is 18.3. The first-order chi connectivity index (χ1) is 32.0. The number of fused-ring (bicyclic) bond motifs is 15. The normalized spacial score (nSPS) is 16.9. The van der Waals surface area contributed by atoms with Gasteiger partial charge in [0.2, 0.25) is 0 Å². The molecule has 5 heteroatoms. The highest BCUT2D eigenvalue weighted by Crippen LogP contribution is 2.56. The molecule has 3 atom stereocenters. The van der Waals surface area contributed by atoms with Crippen molar-refractivity contribution in [2.24, 2.45) is 0 Å². The van der Waals surface area contributed by atoms with Crippen molar-refractivity contribution in [2.75, 3.05) is 14.2 Å². The van der Waals surface area contributed by atoms with E-state index in [0.717, 1.165) is 47.2 Å². The molecule has 0 saturated heterocycles. The molecule has 2 N–H and O–H groups in total. The first-order valence-corrected chi connectivity index (χ1v) is 22.6. The third kappa shape index (κ3) is 5.18. The lowest BCUT2D eigenvalue weighted by molar-refractivity contribution is 0.112. The Morgan fingerprint density at radius 1 is 0.446 bits per heavy atom. The van der Waals surface area contributed by atoms with Crippen LogP contribution in [0.1, 0.15) is 101 Å². The summed E-state index contributed by atoms with van der Waals surface area (Å²) in [7, 11) is 3.51. The summed E-state index contributed by atoms with van der Waals surface area (Å²) in [5.74, 6) is 1.65. The number of benzene rings is 8. The van der Waals surface area contributed by atoms with E-state index in [-0.39, 0.29) is 17.8 Å². The molecular formula is C60H42N2O3. The van der Waals surface area contributed by atoms with E-state index < -0.39 is 0 Å². The molecule has 14 rings (SSSR count). The summed E-state index contributed by atoms with van der Waals surface area (Å²) in [5.41, 5.74) is 27.4. The van der Waals surface area contributed by atoms with Crippen molar-refractivity contribution in [3.05, 3.63) is 236 Å². The monoisotopic (exact) mass is 838 g/mol. The van der Waals surface area contributed by atoms with Crippen LogP contribution in [-0.4, -0.2) is 30.5 Å². The summed E-state index contributed by atoms with van der Waals surface area (Å²) in [6.07, 6.45) is 2.75. The maximum Gasteiger partial charge on any atom is 0.150 e. The molecule has 0 spiro atoms. The molecule has 2 heterocycles. The Morgan fingerprint density at radius 2 is 0.985 bits per heavy atom. The van der Waals surface area contributed by atoms with Crippen molar-refractivity contribution < 1.29 is 14.3 Å². The number of aldehydes is 1. The molecule has 0 amide bonds. The molecule has 0 saturated carbocycles. The second kappa shape index (κ2) is 13.6. The van der Waals surface area contributed by atoms with Crippen LogP contribution in [0.3, 0.4) is 0 Å². The average Bonchev–Trinajstić information content (AvgIpc) is 4.17. The van der Waals surface area contributed by atoms with E-state index in [1.807, 2.05) is 12.1 Å². The smallest absolute Gasteiger partial charge is 0.150 e. The van der Waals surface area contributed by atoms with Crippen LogP contribution in [0.5, 0.6) is 11.5 Å². The summed E-state index contributed by atoms with van der Waals surface area (Å²) >= 11 is 0.